The fourth-order valence-electron chi connectivity index (χ4n) is 4.92. The van der Waals surface area contributed by atoms with Gasteiger partial charge in [-0.1, -0.05) is 24.3 Å². The van der Waals surface area contributed by atoms with Gasteiger partial charge >= 0.3 is 0 Å². The number of hydrogen-bond acceptors (Lipinski definition) is 3. The van der Waals surface area contributed by atoms with Crippen molar-refractivity contribution in [3.63, 3.8) is 0 Å². The predicted octanol–water partition coefficient (Wildman–Crippen LogP) is 3.79. The number of carbonyl (C=O) groups is 1. The number of benzene rings is 2. The Kier molecular flexibility index (Phi) is 4.20. The minimum Gasteiger partial charge on any atom is -0.338 e. The van der Waals surface area contributed by atoms with Gasteiger partial charge in [-0.05, 0) is 57.1 Å². The SMILES string of the molecule is CN1CCC2(CCCN(C(=O)c3ccc(-c4nc5ccccc5[nH]4)cc3)C2)C1. The Morgan fingerprint density at radius 2 is 1.86 bits per heavy atom. The summed E-state index contributed by atoms with van der Waals surface area (Å²) >= 11 is 0. The van der Waals surface area contributed by atoms with Crippen molar-refractivity contribution >= 4 is 16.9 Å². The van der Waals surface area contributed by atoms with Gasteiger partial charge in [-0.2, -0.15) is 0 Å². The van der Waals surface area contributed by atoms with Gasteiger partial charge in [0.15, 0.2) is 0 Å². The number of piperidine rings is 1. The first-order valence-corrected chi connectivity index (χ1v) is 10.2. The number of rotatable bonds is 2. The van der Waals surface area contributed by atoms with Gasteiger partial charge < -0.3 is 14.8 Å². The third-order valence-corrected chi connectivity index (χ3v) is 6.37. The minimum absolute atomic E-state index is 0.157. The predicted molar refractivity (Wildman–Crippen MR) is 111 cm³/mol. The van der Waals surface area contributed by atoms with E-state index in [1.807, 2.05) is 48.5 Å². The van der Waals surface area contributed by atoms with Crippen LogP contribution in [0.25, 0.3) is 22.4 Å². The van der Waals surface area contributed by atoms with E-state index in [2.05, 4.69) is 26.8 Å². The second-order valence-electron chi connectivity index (χ2n) is 8.50. The summed E-state index contributed by atoms with van der Waals surface area (Å²) in [7, 11) is 2.19. The van der Waals surface area contributed by atoms with Crippen molar-refractivity contribution in [1.82, 2.24) is 19.8 Å². The first kappa shape index (κ1) is 17.4. The lowest BCUT2D eigenvalue weighted by Crippen LogP contribution is -2.47. The molecule has 2 saturated heterocycles. The summed E-state index contributed by atoms with van der Waals surface area (Å²) < 4.78 is 0. The summed E-state index contributed by atoms with van der Waals surface area (Å²) in [5.74, 6) is 0.996. The number of para-hydroxylation sites is 2. The third-order valence-electron chi connectivity index (χ3n) is 6.37. The number of likely N-dealkylation sites (tertiary alicyclic amines) is 2. The molecule has 2 aliphatic heterocycles. The van der Waals surface area contributed by atoms with E-state index in [0.29, 0.717) is 5.41 Å². The highest BCUT2D eigenvalue weighted by molar-refractivity contribution is 5.94. The van der Waals surface area contributed by atoms with Crippen LogP contribution in [-0.2, 0) is 0 Å². The van der Waals surface area contributed by atoms with E-state index >= 15 is 0 Å². The number of imidazole rings is 1. The van der Waals surface area contributed by atoms with Crippen LogP contribution in [0.15, 0.2) is 48.5 Å². The number of aromatic nitrogens is 2. The van der Waals surface area contributed by atoms with Crippen LogP contribution in [0.2, 0.25) is 0 Å². The molecule has 5 heteroatoms. The minimum atomic E-state index is 0.157. The number of carbonyl (C=O) groups excluding carboxylic acids is 1. The van der Waals surface area contributed by atoms with Crippen LogP contribution in [0.5, 0.6) is 0 Å². The molecule has 1 atom stereocenters. The van der Waals surface area contributed by atoms with Crippen molar-refractivity contribution in [2.24, 2.45) is 5.41 Å². The molecule has 2 aromatic carbocycles. The number of nitrogens with zero attached hydrogens (tertiary/aromatic N) is 3. The van der Waals surface area contributed by atoms with Crippen LogP contribution in [-0.4, -0.2) is 58.9 Å². The van der Waals surface area contributed by atoms with Gasteiger partial charge in [-0.25, -0.2) is 4.98 Å². The van der Waals surface area contributed by atoms with Crippen molar-refractivity contribution in [3.05, 3.63) is 54.1 Å². The Morgan fingerprint density at radius 3 is 2.61 bits per heavy atom. The lowest BCUT2D eigenvalue weighted by atomic mass is 9.79. The van der Waals surface area contributed by atoms with E-state index in [4.69, 9.17) is 0 Å². The Morgan fingerprint density at radius 1 is 1.04 bits per heavy atom. The quantitative estimate of drug-likeness (QED) is 0.743. The summed E-state index contributed by atoms with van der Waals surface area (Å²) in [5, 5.41) is 0. The van der Waals surface area contributed by atoms with Crippen LogP contribution in [0.3, 0.4) is 0 Å². The van der Waals surface area contributed by atoms with E-state index in [1.165, 1.54) is 12.8 Å². The number of nitrogens with one attached hydrogen (secondary N) is 1. The standard InChI is InChI=1S/C23H26N4O/c1-26-14-12-23(15-26)11-4-13-27(16-23)22(28)18-9-7-17(8-10-18)21-24-19-5-2-3-6-20(19)25-21/h2-3,5-10H,4,11-16H2,1H3,(H,24,25). The van der Waals surface area contributed by atoms with Gasteiger partial charge in [-0.3, -0.25) is 4.79 Å². The van der Waals surface area contributed by atoms with E-state index < -0.39 is 0 Å². The highest BCUT2D eigenvalue weighted by Gasteiger charge is 2.41. The van der Waals surface area contributed by atoms with Crippen LogP contribution in [0, 0.1) is 5.41 Å². The maximum atomic E-state index is 13.1. The molecule has 5 rings (SSSR count). The summed E-state index contributed by atoms with van der Waals surface area (Å²) in [5.41, 5.74) is 4.05. The molecule has 0 saturated carbocycles. The molecule has 28 heavy (non-hydrogen) atoms. The molecule has 5 nitrogen and oxygen atoms in total. The van der Waals surface area contributed by atoms with E-state index in [-0.39, 0.29) is 5.91 Å². The normalized spacial score (nSPS) is 23.0. The molecule has 0 aliphatic carbocycles. The van der Waals surface area contributed by atoms with E-state index in [0.717, 1.165) is 60.6 Å². The van der Waals surface area contributed by atoms with E-state index in [9.17, 15) is 4.79 Å². The second-order valence-corrected chi connectivity index (χ2v) is 8.50. The molecule has 1 N–H and O–H groups in total. The number of hydrogen-bond donors (Lipinski definition) is 1. The van der Waals surface area contributed by atoms with Crippen molar-refractivity contribution in [3.8, 4) is 11.4 Å². The molecule has 3 heterocycles. The zero-order valence-corrected chi connectivity index (χ0v) is 16.3. The summed E-state index contributed by atoms with van der Waals surface area (Å²) in [4.78, 5) is 25.6. The molecule has 2 fully saturated rings. The first-order chi connectivity index (χ1) is 13.6. The molecular formula is C23H26N4O. The van der Waals surface area contributed by atoms with Crippen LogP contribution in [0.4, 0.5) is 0 Å². The first-order valence-electron chi connectivity index (χ1n) is 10.2. The number of amides is 1. The summed E-state index contributed by atoms with van der Waals surface area (Å²) in [6, 6.07) is 15.9. The Labute approximate surface area is 165 Å². The topological polar surface area (TPSA) is 52.2 Å². The second kappa shape index (κ2) is 6.74. The average molecular weight is 374 g/mol. The maximum Gasteiger partial charge on any atom is 0.253 e. The molecule has 1 spiro atoms. The van der Waals surface area contributed by atoms with Crippen LogP contribution in [0.1, 0.15) is 29.6 Å². The zero-order chi connectivity index (χ0) is 19.1. The van der Waals surface area contributed by atoms with Gasteiger partial charge in [-0.15, -0.1) is 0 Å². The average Bonchev–Trinajstić information content (AvgIpc) is 3.31. The largest absolute Gasteiger partial charge is 0.338 e. The zero-order valence-electron chi connectivity index (χ0n) is 16.3. The Hall–Kier alpha value is -2.66. The lowest BCUT2D eigenvalue weighted by molar-refractivity contribution is 0.0534. The molecular weight excluding hydrogens is 348 g/mol. The number of H-pyrrole nitrogens is 1. The van der Waals surface area contributed by atoms with Crippen molar-refractivity contribution in [2.45, 2.75) is 19.3 Å². The smallest absolute Gasteiger partial charge is 0.253 e. The Bertz CT molecular complexity index is 972. The van der Waals surface area contributed by atoms with Gasteiger partial charge in [0, 0.05) is 36.2 Å². The molecule has 1 amide bonds. The van der Waals surface area contributed by atoms with Gasteiger partial charge in [0.2, 0.25) is 0 Å². The summed E-state index contributed by atoms with van der Waals surface area (Å²) in [6.07, 6.45) is 3.56. The lowest BCUT2D eigenvalue weighted by Gasteiger charge is -2.40. The molecule has 1 unspecified atom stereocenters. The van der Waals surface area contributed by atoms with Crippen LogP contribution >= 0.6 is 0 Å². The van der Waals surface area contributed by atoms with Crippen molar-refractivity contribution in [1.29, 1.82) is 0 Å². The maximum absolute atomic E-state index is 13.1. The summed E-state index contributed by atoms with van der Waals surface area (Å²) in [6.45, 7) is 4.02. The highest BCUT2D eigenvalue weighted by atomic mass is 16.2. The van der Waals surface area contributed by atoms with Gasteiger partial charge in [0.1, 0.15) is 5.82 Å². The number of aromatic amines is 1. The molecule has 3 aromatic rings. The van der Waals surface area contributed by atoms with Gasteiger partial charge in [0.25, 0.3) is 5.91 Å². The highest BCUT2D eigenvalue weighted by Crippen LogP contribution is 2.38. The third kappa shape index (κ3) is 3.10. The molecule has 1 aromatic heterocycles. The molecule has 2 aliphatic rings. The molecule has 144 valence electrons. The van der Waals surface area contributed by atoms with Gasteiger partial charge in [0.05, 0.1) is 11.0 Å². The Balaban J connectivity index is 1.34. The monoisotopic (exact) mass is 374 g/mol. The number of fused-ring (bicyclic) bond motifs is 1. The fraction of sp³-hybridized carbons (Fsp3) is 0.391. The van der Waals surface area contributed by atoms with Crippen LogP contribution < -0.4 is 0 Å². The van der Waals surface area contributed by atoms with Crippen molar-refractivity contribution in [2.75, 3.05) is 33.2 Å². The van der Waals surface area contributed by atoms with E-state index in [1.54, 1.807) is 0 Å². The van der Waals surface area contributed by atoms with Crippen molar-refractivity contribution < 1.29 is 4.79 Å². The molecule has 0 radical (unpaired) electrons. The fourth-order valence-corrected chi connectivity index (χ4v) is 4.92. The molecule has 0 bridgehead atoms.